The summed E-state index contributed by atoms with van der Waals surface area (Å²) in [5, 5.41) is 4.29. The molecule has 2 aromatic rings. The molecule has 20 heavy (non-hydrogen) atoms. The summed E-state index contributed by atoms with van der Waals surface area (Å²) in [5.41, 5.74) is 3.36. The Morgan fingerprint density at radius 1 is 1.40 bits per heavy atom. The van der Waals surface area contributed by atoms with E-state index in [4.69, 9.17) is 16.3 Å². The molecule has 5 nitrogen and oxygen atoms in total. The molecule has 1 aromatic carbocycles. The second-order valence-corrected chi connectivity index (χ2v) is 4.23. The third-order valence-corrected chi connectivity index (χ3v) is 2.69. The molecule has 2 rings (SSSR count). The van der Waals surface area contributed by atoms with Crippen LogP contribution in [-0.2, 0) is 0 Å². The number of carbonyl (C=O) groups is 1. The van der Waals surface area contributed by atoms with Gasteiger partial charge in [0, 0.05) is 11.2 Å². The molecule has 0 fully saturated rings. The van der Waals surface area contributed by atoms with Crippen LogP contribution in [-0.4, -0.2) is 24.2 Å². The monoisotopic (exact) mass is 289 g/mol. The minimum absolute atomic E-state index is 0.318. The molecule has 0 saturated heterocycles. The second-order valence-electron chi connectivity index (χ2n) is 3.80. The van der Waals surface area contributed by atoms with Gasteiger partial charge in [0.15, 0.2) is 0 Å². The average Bonchev–Trinajstić information content (AvgIpc) is 2.48. The highest BCUT2D eigenvalue weighted by Gasteiger charge is 2.11. The fourth-order valence-electron chi connectivity index (χ4n) is 1.53. The number of amides is 1. The lowest BCUT2D eigenvalue weighted by Crippen LogP contribution is -2.18. The first-order chi connectivity index (χ1) is 9.70. The van der Waals surface area contributed by atoms with Gasteiger partial charge in [-0.05, 0) is 30.3 Å². The molecule has 0 bridgehead atoms. The van der Waals surface area contributed by atoms with Crippen molar-refractivity contribution in [2.45, 2.75) is 0 Å². The van der Waals surface area contributed by atoms with Gasteiger partial charge in [0.25, 0.3) is 5.91 Å². The third-order valence-electron chi connectivity index (χ3n) is 2.46. The minimum atomic E-state index is -0.406. The molecule has 0 aliphatic heterocycles. The van der Waals surface area contributed by atoms with Crippen molar-refractivity contribution < 1.29 is 9.53 Å². The molecular weight excluding hydrogens is 278 g/mol. The standard InChI is InChI=1S/C14H12ClN3O2/c1-20-13-6-5-10(15)8-12(13)14(19)18-17-9-11-4-2-3-7-16-11/h2-9H,1H3,(H,18,19)/b17-9+. The summed E-state index contributed by atoms with van der Waals surface area (Å²) in [4.78, 5) is 16.0. The molecule has 1 amide bonds. The number of ether oxygens (including phenoxy) is 1. The average molecular weight is 290 g/mol. The van der Waals surface area contributed by atoms with Crippen molar-refractivity contribution in [3.05, 3.63) is 58.9 Å². The Balaban J connectivity index is 2.09. The first-order valence-electron chi connectivity index (χ1n) is 5.78. The maximum absolute atomic E-state index is 12.0. The van der Waals surface area contributed by atoms with Crippen LogP contribution in [0, 0.1) is 0 Å². The van der Waals surface area contributed by atoms with Crippen LogP contribution in [0.1, 0.15) is 16.1 Å². The van der Waals surface area contributed by atoms with Gasteiger partial charge in [0.1, 0.15) is 5.75 Å². The Labute approximate surface area is 121 Å². The van der Waals surface area contributed by atoms with Crippen molar-refractivity contribution in [1.82, 2.24) is 10.4 Å². The zero-order valence-corrected chi connectivity index (χ0v) is 11.5. The summed E-state index contributed by atoms with van der Waals surface area (Å²) in [7, 11) is 1.48. The molecule has 0 saturated carbocycles. The van der Waals surface area contributed by atoms with Crippen molar-refractivity contribution in [3.63, 3.8) is 0 Å². The highest BCUT2D eigenvalue weighted by molar-refractivity contribution is 6.31. The Morgan fingerprint density at radius 3 is 2.95 bits per heavy atom. The largest absolute Gasteiger partial charge is 0.496 e. The third kappa shape index (κ3) is 3.55. The van der Waals surface area contributed by atoms with Crippen LogP contribution in [0.3, 0.4) is 0 Å². The molecule has 0 aliphatic rings. The van der Waals surface area contributed by atoms with E-state index in [1.807, 2.05) is 6.07 Å². The number of nitrogens with zero attached hydrogens (tertiary/aromatic N) is 2. The normalized spacial score (nSPS) is 10.5. The fourth-order valence-corrected chi connectivity index (χ4v) is 1.70. The molecule has 1 aromatic heterocycles. The number of carbonyl (C=O) groups excluding carboxylic acids is 1. The van der Waals surface area contributed by atoms with Gasteiger partial charge in [-0.2, -0.15) is 5.10 Å². The molecule has 0 atom stereocenters. The van der Waals surface area contributed by atoms with Crippen molar-refractivity contribution in [2.24, 2.45) is 5.10 Å². The second kappa shape index (κ2) is 6.68. The van der Waals surface area contributed by atoms with E-state index >= 15 is 0 Å². The maximum atomic E-state index is 12.0. The lowest BCUT2D eigenvalue weighted by Gasteiger charge is -2.07. The van der Waals surface area contributed by atoms with Crippen LogP contribution < -0.4 is 10.2 Å². The number of nitrogens with one attached hydrogen (secondary N) is 1. The van der Waals surface area contributed by atoms with E-state index < -0.39 is 5.91 Å². The first-order valence-corrected chi connectivity index (χ1v) is 6.16. The smallest absolute Gasteiger partial charge is 0.275 e. The lowest BCUT2D eigenvalue weighted by molar-refractivity contribution is 0.0952. The number of halogens is 1. The van der Waals surface area contributed by atoms with Gasteiger partial charge < -0.3 is 4.74 Å². The van der Waals surface area contributed by atoms with Crippen LogP contribution in [0.2, 0.25) is 5.02 Å². The number of hydrogen-bond acceptors (Lipinski definition) is 4. The van der Waals surface area contributed by atoms with E-state index in [1.54, 1.807) is 30.5 Å². The molecule has 102 valence electrons. The summed E-state index contributed by atoms with van der Waals surface area (Å²) in [5.74, 6) is 0.0245. The molecule has 1 heterocycles. The Morgan fingerprint density at radius 2 is 2.25 bits per heavy atom. The van der Waals surface area contributed by atoms with Crippen molar-refractivity contribution in [1.29, 1.82) is 0 Å². The number of methoxy groups -OCH3 is 1. The summed E-state index contributed by atoms with van der Waals surface area (Å²) in [6, 6.07) is 10.2. The Hall–Kier alpha value is -2.40. The molecule has 0 unspecified atom stereocenters. The van der Waals surface area contributed by atoms with Crippen LogP contribution in [0.5, 0.6) is 5.75 Å². The van der Waals surface area contributed by atoms with Gasteiger partial charge in [0.05, 0.1) is 24.6 Å². The minimum Gasteiger partial charge on any atom is -0.496 e. The van der Waals surface area contributed by atoms with E-state index in [0.717, 1.165) is 0 Å². The van der Waals surface area contributed by atoms with Crippen LogP contribution in [0.4, 0.5) is 0 Å². The van der Waals surface area contributed by atoms with Crippen LogP contribution in [0.15, 0.2) is 47.7 Å². The zero-order chi connectivity index (χ0) is 14.4. The quantitative estimate of drug-likeness (QED) is 0.695. The molecule has 1 N–H and O–H groups in total. The summed E-state index contributed by atoms with van der Waals surface area (Å²) in [6.45, 7) is 0. The number of benzene rings is 1. The van der Waals surface area contributed by atoms with Gasteiger partial charge in [0.2, 0.25) is 0 Å². The molecule has 0 aliphatic carbocycles. The number of aromatic nitrogens is 1. The van der Waals surface area contributed by atoms with Crippen LogP contribution in [0.25, 0.3) is 0 Å². The van der Waals surface area contributed by atoms with E-state index in [2.05, 4.69) is 15.5 Å². The van der Waals surface area contributed by atoms with Crippen molar-refractivity contribution in [2.75, 3.05) is 7.11 Å². The highest BCUT2D eigenvalue weighted by atomic mass is 35.5. The van der Waals surface area contributed by atoms with Gasteiger partial charge in [-0.15, -0.1) is 0 Å². The molecule has 6 heteroatoms. The van der Waals surface area contributed by atoms with Gasteiger partial charge in [-0.1, -0.05) is 17.7 Å². The number of pyridine rings is 1. The SMILES string of the molecule is COc1ccc(Cl)cc1C(=O)N/N=C/c1ccccn1. The van der Waals surface area contributed by atoms with Gasteiger partial charge >= 0.3 is 0 Å². The van der Waals surface area contributed by atoms with E-state index in [0.29, 0.717) is 22.0 Å². The van der Waals surface area contributed by atoms with E-state index in [9.17, 15) is 4.79 Å². The maximum Gasteiger partial charge on any atom is 0.275 e. The Kier molecular flexibility index (Phi) is 4.68. The van der Waals surface area contributed by atoms with Crippen molar-refractivity contribution in [3.8, 4) is 5.75 Å². The molecule has 0 radical (unpaired) electrons. The molecule has 0 spiro atoms. The predicted octanol–water partition coefficient (Wildman–Crippen LogP) is 2.51. The van der Waals surface area contributed by atoms with E-state index in [1.165, 1.54) is 19.4 Å². The number of rotatable bonds is 4. The Bertz CT molecular complexity index is 630. The van der Waals surface area contributed by atoms with Gasteiger partial charge in [-0.25, -0.2) is 5.43 Å². The summed E-state index contributed by atoms with van der Waals surface area (Å²) >= 11 is 5.86. The molecular formula is C14H12ClN3O2. The lowest BCUT2D eigenvalue weighted by atomic mass is 10.2. The number of hydrogen-bond donors (Lipinski definition) is 1. The highest BCUT2D eigenvalue weighted by Crippen LogP contribution is 2.22. The zero-order valence-electron chi connectivity index (χ0n) is 10.7. The van der Waals surface area contributed by atoms with Crippen LogP contribution >= 0.6 is 11.6 Å². The van der Waals surface area contributed by atoms with E-state index in [-0.39, 0.29) is 0 Å². The topological polar surface area (TPSA) is 63.6 Å². The van der Waals surface area contributed by atoms with Crippen molar-refractivity contribution >= 4 is 23.7 Å². The fraction of sp³-hybridized carbons (Fsp3) is 0.0714. The van der Waals surface area contributed by atoms with Gasteiger partial charge in [-0.3, -0.25) is 9.78 Å². The predicted molar refractivity (Wildman–Crippen MR) is 77.3 cm³/mol. The summed E-state index contributed by atoms with van der Waals surface area (Å²) in [6.07, 6.45) is 3.10. The number of hydrazone groups is 1. The summed E-state index contributed by atoms with van der Waals surface area (Å²) < 4.78 is 5.10. The first kappa shape index (κ1) is 14.0.